The van der Waals surface area contributed by atoms with Crippen molar-refractivity contribution < 1.29 is 14.3 Å². The second-order valence-corrected chi connectivity index (χ2v) is 9.91. The Labute approximate surface area is 249 Å². The molecular formula is C31H24BrClN4O4. The summed E-state index contributed by atoms with van der Waals surface area (Å²) in [4.78, 5) is 30.7. The summed E-state index contributed by atoms with van der Waals surface area (Å²) in [6.07, 6.45) is 1.49. The van der Waals surface area contributed by atoms with E-state index in [1.165, 1.54) is 10.9 Å². The van der Waals surface area contributed by atoms with Crippen LogP contribution in [-0.2, 0) is 4.79 Å². The van der Waals surface area contributed by atoms with Crippen LogP contribution in [0, 0.1) is 0 Å². The Kier molecular flexibility index (Phi) is 8.76. The summed E-state index contributed by atoms with van der Waals surface area (Å²) < 4.78 is 13.3. The molecule has 1 N–H and O–H groups in total. The average molecular weight is 632 g/mol. The highest BCUT2D eigenvalue weighted by molar-refractivity contribution is 9.10. The monoisotopic (exact) mass is 630 g/mol. The predicted molar refractivity (Wildman–Crippen MR) is 165 cm³/mol. The molecule has 8 nitrogen and oxygen atoms in total. The van der Waals surface area contributed by atoms with E-state index in [0.717, 1.165) is 5.56 Å². The van der Waals surface area contributed by atoms with Crippen LogP contribution in [0.4, 0.5) is 5.69 Å². The molecule has 1 aromatic heterocycles. The third-order valence-electron chi connectivity index (χ3n) is 5.96. The van der Waals surface area contributed by atoms with Gasteiger partial charge in [-0.3, -0.25) is 9.59 Å². The van der Waals surface area contributed by atoms with Crippen molar-refractivity contribution in [1.82, 2.24) is 9.66 Å². The Balaban J connectivity index is 1.50. The van der Waals surface area contributed by atoms with E-state index in [1.54, 1.807) is 36.4 Å². The van der Waals surface area contributed by atoms with E-state index >= 15 is 0 Å². The van der Waals surface area contributed by atoms with Gasteiger partial charge in [0, 0.05) is 21.3 Å². The standard InChI is InChI=1S/C31H24BrClN4O4/c1-2-40-25-17-21(27(32)28(33)29(25)41-19-26(38)35-22-13-7-4-8-14-22)18-34-37-30(20-11-5-3-6-12-20)36-24-16-10-9-15-23(24)31(37)39/h3-18H,2,19H2,1H3,(H,35,38). The molecule has 1 heterocycles. The molecule has 0 bridgehead atoms. The lowest BCUT2D eigenvalue weighted by molar-refractivity contribution is -0.118. The number of carbonyl (C=O) groups is 1. The number of halogens is 2. The van der Waals surface area contributed by atoms with Crippen LogP contribution in [0.3, 0.4) is 0 Å². The van der Waals surface area contributed by atoms with Crippen LogP contribution in [0.1, 0.15) is 12.5 Å². The van der Waals surface area contributed by atoms with Crippen LogP contribution in [0.25, 0.3) is 22.3 Å². The number of hydrogen-bond donors (Lipinski definition) is 1. The third kappa shape index (κ3) is 6.32. The fourth-order valence-corrected chi connectivity index (χ4v) is 4.73. The Bertz CT molecular complexity index is 1790. The summed E-state index contributed by atoms with van der Waals surface area (Å²) in [5, 5.41) is 7.92. The number of rotatable bonds is 9. The largest absolute Gasteiger partial charge is 0.490 e. The van der Waals surface area contributed by atoms with Crippen molar-refractivity contribution in [3.63, 3.8) is 0 Å². The zero-order valence-electron chi connectivity index (χ0n) is 21.9. The molecule has 0 spiro atoms. The number of amides is 1. The normalized spacial score (nSPS) is 11.1. The molecule has 0 fully saturated rings. The van der Waals surface area contributed by atoms with Gasteiger partial charge in [0.15, 0.2) is 23.9 Å². The zero-order chi connectivity index (χ0) is 28.8. The first-order valence-electron chi connectivity index (χ1n) is 12.7. The van der Waals surface area contributed by atoms with Crippen molar-refractivity contribution in [2.24, 2.45) is 5.10 Å². The fourth-order valence-electron chi connectivity index (χ4n) is 4.08. The first-order chi connectivity index (χ1) is 20.0. The fraction of sp³-hybridized carbons (Fsp3) is 0.0968. The molecule has 0 aliphatic rings. The van der Waals surface area contributed by atoms with Crippen molar-refractivity contribution in [2.75, 3.05) is 18.5 Å². The minimum Gasteiger partial charge on any atom is -0.490 e. The summed E-state index contributed by atoms with van der Waals surface area (Å²) >= 11 is 10.2. The van der Waals surface area contributed by atoms with E-state index in [2.05, 4.69) is 26.3 Å². The minimum absolute atomic E-state index is 0.192. The molecular weight excluding hydrogens is 608 g/mol. The highest BCUT2D eigenvalue weighted by atomic mass is 79.9. The number of anilines is 1. The lowest BCUT2D eigenvalue weighted by Gasteiger charge is -2.16. The second kappa shape index (κ2) is 12.8. The van der Waals surface area contributed by atoms with Gasteiger partial charge in [0.1, 0.15) is 5.02 Å². The molecule has 5 aromatic rings. The summed E-state index contributed by atoms with van der Waals surface area (Å²) in [5.41, 5.74) is 2.17. The van der Waals surface area contributed by atoms with Crippen LogP contribution in [0.2, 0.25) is 5.02 Å². The Morgan fingerprint density at radius 3 is 2.44 bits per heavy atom. The van der Waals surface area contributed by atoms with Gasteiger partial charge in [0.25, 0.3) is 11.5 Å². The quantitative estimate of drug-likeness (QED) is 0.181. The van der Waals surface area contributed by atoms with E-state index < -0.39 is 0 Å². The van der Waals surface area contributed by atoms with Gasteiger partial charge in [-0.25, -0.2) is 4.98 Å². The van der Waals surface area contributed by atoms with E-state index in [-0.39, 0.29) is 28.8 Å². The number of fused-ring (bicyclic) bond motifs is 1. The van der Waals surface area contributed by atoms with Gasteiger partial charge in [-0.2, -0.15) is 9.78 Å². The first-order valence-corrected chi connectivity index (χ1v) is 13.9. The molecule has 5 rings (SSSR count). The Morgan fingerprint density at radius 2 is 1.71 bits per heavy atom. The van der Waals surface area contributed by atoms with Crippen LogP contribution in [0.15, 0.2) is 105 Å². The van der Waals surface area contributed by atoms with Gasteiger partial charge in [0.2, 0.25) is 0 Å². The lowest BCUT2D eigenvalue weighted by atomic mass is 10.2. The maximum absolute atomic E-state index is 13.5. The van der Waals surface area contributed by atoms with E-state index in [9.17, 15) is 9.59 Å². The summed E-state index contributed by atoms with van der Waals surface area (Å²) in [6, 6.07) is 27.2. The smallest absolute Gasteiger partial charge is 0.282 e. The van der Waals surface area contributed by atoms with Gasteiger partial charge in [0.05, 0.1) is 23.7 Å². The number of carbonyl (C=O) groups excluding carboxylic acids is 1. The number of nitrogens with one attached hydrogen (secondary N) is 1. The van der Waals surface area contributed by atoms with Crippen LogP contribution in [0.5, 0.6) is 11.5 Å². The summed E-state index contributed by atoms with van der Waals surface area (Å²) in [5.74, 6) is 0.562. The van der Waals surface area contributed by atoms with Crippen molar-refractivity contribution in [3.05, 3.63) is 116 Å². The van der Waals surface area contributed by atoms with Gasteiger partial charge >= 0.3 is 0 Å². The predicted octanol–water partition coefficient (Wildman–Crippen LogP) is 6.78. The van der Waals surface area contributed by atoms with Crippen molar-refractivity contribution >= 4 is 56.2 Å². The molecule has 0 saturated heterocycles. The topological polar surface area (TPSA) is 94.8 Å². The van der Waals surface area contributed by atoms with Gasteiger partial charge in [-0.05, 0) is 53.2 Å². The molecule has 0 atom stereocenters. The number of hydrogen-bond acceptors (Lipinski definition) is 6. The molecule has 0 saturated carbocycles. The first kappa shape index (κ1) is 28.1. The SMILES string of the molecule is CCOc1cc(C=Nn2c(-c3ccccc3)nc3ccccc3c2=O)c(Br)c(Cl)c1OCC(=O)Nc1ccccc1. The van der Waals surface area contributed by atoms with Crippen molar-refractivity contribution in [1.29, 1.82) is 0 Å². The van der Waals surface area contributed by atoms with Crippen LogP contribution in [-0.4, -0.2) is 35.0 Å². The highest BCUT2D eigenvalue weighted by Crippen LogP contribution is 2.42. The molecule has 206 valence electrons. The zero-order valence-corrected chi connectivity index (χ0v) is 24.2. The average Bonchev–Trinajstić information content (AvgIpc) is 2.99. The van der Waals surface area contributed by atoms with Crippen LogP contribution >= 0.6 is 27.5 Å². The molecule has 10 heteroatoms. The van der Waals surface area contributed by atoms with Gasteiger partial charge < -0.3 is 14.8 Å². The van der Waals surface area contributed by atoms with Crippen molar-refractivity contribution in [3.8, 4) is 22.9 Å². The maximum atomic E-state index is 13.5. The number of benzene rings is 4. The summed E-state index contributed by atoms with van der Waals surface area (Å²) in [7, 11) is 0. The van der Waals surface area contributed by atoms with Crippen LogP contribution < -0.4 is 20.3 Å². The second-order valence-electron chi connectivity index (χ2n) is 8.74. The number of aromatic nitrogens is 2. The number of nitrogens with zero attached hydrogens (tertiary/aromatic N) is 3. The Hall–Kier alpha value is -4.47. The molecule has 0 unspecified atom stereocenters. The molecule has 1 amide bonds. The van der Waals surface area contributed by atoms with E-state index in [1.807, 2.05) is 61.5 Å². The maximum Gasteiger partial charge on any atom is 0.282 e. The van der Waals surface area contributed by atoms with Gasteiger partial charge in [-0.1, -0.05) is 72.3 Å². The summed E-state index contributed by atoms with van der Waals surface area (Å²) in [6.45, 7) is 1.86. The molecule has 0 radical (unpaired) electrons. The molecule has 0 aliphatic carbocycles. The van der Waals surface area contributed by atoms with Gasteiger partial charge in [-0.15, -0.1) is 0 Å². The number of para-hydroxylation sites is 2. The lowest BCUT2D eigenvalue weighted by Crippen LogP contribution is -2.21. The van der Waals surface area contributed by atoms with E-state index in [4.69, 9.17) is 26.1 Å². The van der Waals surface area contributed by atoms with E-state index in [0.29, 0.717) is 44.8 Å². The minimum atomic E-state index is -0.354. The molecule has 0 aliphatic heterocycles. The number of ether oxygens (including phenoxy) is 2. The molecule has 41 heavy (non-hydrogen) atoms. The third-order valence-corrected chi connectivity index (χ3v) is 7.40. The Morgan fingerprint density at radius 1 is 1.02 bits per heavy atom. The highest BCUT2D eigenvalue weighted by Gasteiger charge is 2.19. The van der Waals surface area contributed by atoms with Crippen molar-refractivity contribution in [2.45, 2.75) is 6.92 Å². The molecule has 4 aromatic carbocycles.